The van der Waals surface area contributed by atoms with Crippen molar-refractivity contribution in [3.8, 4) is 0 Å². The quantitative estimate of drug-likeness (QED) is 0.804. The highest BCUT2D eigenvalue weighted by molar-refractivity contribution is 6.31. The van der Waals surface area contributed by atoms with Crippen molar-refractivity contribution in [2.45, 2.75) is 69.2 Å². The van der Waals surface area contributed by atoms with Crippen molar-refractivity contribution < 1.29 is 9.90 Å². The zero-order valence-electron chi connectivity index (χ0n) is 14.3. The zero-order chi connectivity index (χ0) is 17.0. The lowest BCUT2D eigenvalue weighted by atomic mass is 9.69. The van der Waals surface area contributed by atoms with E-state index < -0.39 is 5.97 Å². The lowest BCUT2D eigenvalue weighted by molar-refractivity contribution is -0.142. The van der Waals surface area contributed by atoms with E-state index in [9.17, 15) is 4.79 Å². The minimum Gasteiger partial charge on any atom is -0.481 e. The molecule has 1 aromatic rings. The van der Waals surface area contributed by atoms with E-state index in [0.717, 1.165) is 37.3 Å². The van der Waals surface area contributed by atoms with Gasteiger partial charge in [-0.05, 0) is 50.2 Å². The molecule has 0 unspecified atom stereocenters. The average Bonchev–Trinajstić information content (AvgIpc) is 2.61. The van der Waals surface area contributed by atoms with Gasteiger partial charge in [-0.15, -0.1) is 0 Å². The molecule has 2 fully saturated rings. The van der Waals surface area contributed by atoms with Crippen LogP contribution in [0.5, 0.6) is 0 Å². The Morgan fingerprint density at radius 3 is 2.42 bits per heavy atom. The Hall–Kier alpha value is -1.06. The van der Waals surface area contributed by atoms with Crippen LogP contribution in [0, 0.1) is 5.92 Å². The predicted molar refractivity (Wildman–Crippen MR) is 97.6 cm³/mol. The van der Waals surface area contributed by atoms with Crippen molar-refractivity contribution in [3.05, 3.63) is 34.9 Å². The molecule has 24 heavy (non-hydrogen) atoms. The van der Waals surface area contributed by atoms with Gasteiger partial charge in [-0.25, -0.2) is 0 Å². The molecule has 3 rings (SSSR count). The van der Waals surface area contributed by atoms with Crippen molar-refractivity contribution >= 4 is 17.6 Å². The van der Waals surface area contributed by atoms with E-state index in [4.69, 9.17) is 16.7 Å². The molecule has 2 aliphatic carbocycles. The second-order valence-electron chi connectivity index (χ2n) is 7.59. The summed E-state index contributed by atoms with van der Waals surface area (Å²) in [6.07, 6.45) is 9.75. The molecule has 3 nitrogen and oxygen atoms in total. The van der Waals surface area contributed by atoms with Gasteiger partial charge < -0.3 is 10.4 Å². The van der Waals surface area contributed by atoms with Gasteiger partial charge in [0.25, 0.3) is 0 Å². The smallest absolute Gasteiger partial charge is 0.306 e. The molecule has 2 N–H and O–H groups in total. The van der Waals surface area contributed by atoms with Crippen LogP contribution in [0.1, 0.15) is 63.4 Å². The van der Waals surface area contributed by atoms with Crippen molar-refractivity contribution in [2.75, 3.05) is 6.54 Å². The summed E-state index contributed by atoms with van der Waals surface area (Å²) in [5.74, 6) is -0.775. The molecule has 2 saturated carbocycles. The fraction of sp³-hybridized carbons (Fsp3) is 0.650. The van der Waals surface area contributed by atoms with Crippen LogP contribution in [0.4, 0.5) is 0 Å². The molecule has 0 aromatic heterocycles. The molecule has 0 heterocycles. The first-order chi connectivity index (χ1) is 11.6. The SMILES string of the molecule is O=C(O)C1CCC(NCC2(c3ccccc3Cl)CCCCC2)CC1. The molecular weight excluding hydrogens is 322 g/mol. The highest BCUT2D eigenvalue weighted by Crippen LogP contribution is 2.42. The van der Waals surface area contributed by atoms with Gasteiger partial charge in [-0.2, -0.15) is 0 Å². The van der Waals surface area contributed by atoms with Crippen LogP contribution in [-0.2, 0) is 10.2 Å². The third kappa shape index (κ3) is 3.94. The number of carboxylic acids is 1. The van der Waals surface area contributed by atoms with E-state index in [-0.39, 0.29) is 11.3 Å². The summed E-state index contributed by atoms with van der Waals surface area (Å²) in [5, 5.41) is 13.8. The monoisotopic (exact) mass is 349 g/mol. The first-order valence-electron chi connectivity index (χ1n) is 9.32. The van der Waals surface area contributed by atoms with Crippen LogP contribution >= 0.6 is 11.6 Å². The minimum atomic E-state index is -0.631. The van der Waals surface area contributed by atoms with Gasteiger partial charge in [-0.3, -0.25) is 4.79 Å². The van der Waals surface area contributed by atoms with Gasteiger partial charge in [0.05, 0.1) is 5.92 Å². The van der Waals surface area contributed by atoms with E-state index in [1.54, 1.807) is 0 Å². The van der Waals surface area contributed by atoms with E-state index >= 15 is 0 Å². The summed E-state index contributed by atoms with van der Waals surface area (Å²) in [6.45, 7) is 0.957. The minimum absolute atomic E-state index is 0.139. The molecule has 4 heteroatoms. The highest BCUT2D eigenvalue weighted by atomic mass is 35.5. The Kier molecular flexibility index (Phi) is 5.83. The maximum Gasteiger partial charge on any atom is 0.306 e. The number of benzene rings is 1. The fourth-order valence-electron chi connectivity index (χ4n) is 4.55. The number of rotatable bonds is 5. The van der Waals surface area contributed by atoms with Gasteiger partial charge in [0.1, 0.15) is 0 Å². The summed E-state index contributed by atoms with van der Waals surface area (Å²) < 4.78 is 0. The number of nitrogens with one attached hydrogen (secondary N) is 1. The Morgan fingerprint density at radius 2 is 1.79 bits per heavy atom. The van der Waals surface area contributed by atoms with Gasteiger partial charge in [-0.1, -0.05) is 49.1 Å². The number of halogens is 1. The second-order valence-corrected chi connectivity index (χ2v) is 8.00. The number of hydrogen-bond donors (Lipinski definition) is 2. The highest BCUT2D eigenvalue weighted by Gasteiger charge is 2.36. The Labute approximate surface area is 149 Å². The van der Waals surface area contributed by atoms with Gasteiger partial charge in [0.15, 0.2) is 0 Å². The number of hydrogen-bond acceptors (Lipinski definition) is 2. The van der Waals surface area contributed by atoms with E-state index in [0.29, 0.717) is 6.04 Å². The van der Waals surface area contributed by atoms with Crippen LogP contribution in [-0.4, -0.2) is 23.7 Å². The Morgan fingerprint density at radius 1 is 1.12 bits per heavy atom. The molecule has 2 aliphatic rings. The summed E-state index contributed by atoms with van der Waals surface area (Å²) >= 11 is 6.53. The fourth-order valence-corrected chi connectivity index (χ4v) is 4.88. The average molecular weight is 350 g/mol. The third-order valence-electron chi connectivity index (χ3n) is 6.06. The molecule has 0 aliphatic heterocycles. The largest absolute Gasteiger partial charge is 0.481 e. The summed E-state index contributed by atoms with van der Waals surface area (Å²) in [6, 6.07) is 8.74. The zero-order valence-corrected chi connectivity index (χ0v) is 15.0. The van der Waals surface area contributed by atoms with E-state index in [2.05, 4.69) is 17.4 Å². The van der Waals surface area contributed by atoms with Crippen LogP contribution in [0.3, 0.4) is 0 Å². The van der Waals surface area contributed by atoms with Gasteiger partial charge in [0.2, 0.25) is 0 Å². The molecular formula is C20H28ClNO2. The Bertz CT molecular complexity index is 561. The van der Waals surface area contributed by atoms with Crippen LogP contribution in [0.2, 0.25) is 5.02 Å². The van der Waals surface area contributed by atoms with Crippen molar-refractivity contribution in [1.82, 2.24) is 5.32 Å². The second kappa shape index (κ2) is 7.88. The predicted octanol–water partition coefficient (Wildman–Crippen LogP) is 4.77. The number of carbonyl (C=O) groups is 1. The third-order valence-corrected chi connectivity index (χ3v) is 6.39. The first kappa shape index (κ1) is 17.8. The molecule has 0 atom stereocenters. The van der Waals surface area contributed by atoms with E-state index in [1.807, 2.05) is 12.1 Å². The van der Waals surface area contributed by atoms with Gasteiger partial charge >= 0.3 is 5.97 Å². The summed E-state index contributed by atoms with van der Waals surface area (Å²) in [7, 11) is 0. The molecule has 0 amide bonds. The summed E-state index contributed by atoms with van der Waals surface area (Å²) in [5.41, 5.74) is 1.43. The van der Waals surface area contributed by atoms with E-state index in [1.165, 1.54) is 37.7 Å². The van der Waals surface area contributed by atoms with Crippen LogP contribution in [0.15, 0.2) is 24.3 Å². The van der Waals surface area contributed by atoms with Crippen LogP contribution in [0.25, 0.3) is 0 Å². The molecule has 0 spiro atoms. The van der Waals surface area contributed by atoms with Gasteiger partial charge in [0, 0.05) is 23.0 Å². The molecule has 0 saturated heterocycles. The first-order valence-corrected chi connectivity index (χ1v) is 9.70. The lowest BCUT2D eigenvalue weighted by Gasteiger charge is -2.40. The molecule has 0 bridgehead atoms. The standard InChI is InChI=1S/C20H28ClNO2/c21-18-7-3-2-6-17(18)20(12-4-1-5-13-20)14-22-16-10-8-15(9-11-16)19(23)24/h2-3,6-7,15-16,22H,1,4-5,8-14H2,(H,23,24). The number of aliphatic carboxylic acids is 1. The Balaban J connectivity index is 1.66. The molecule has 1 aromatic carbocycles. The maximum absolute atomic E-state index is 11.1. The normalized spacial score (nSPS) is 26.9. The molecule has 132 valence electrons. The maximum atomic E-state index is 11.1. The van der Waals surface area contributed by atoms with Crippen LogP contribution < -0.4 is 5.32 Å². The number of carboxylic acid groups (broad SMARTS) is 1. The van der Waals surface area contributed by atoms with Crippen molar-refractivity contribution in [1.29, 1.82) is 0 Å². The molecule has 0 radical (unpaired) electrons. The topological polar surface area (TPSA) is 49.3 Å². The summed E-state index contributed by atoms with van der Waals surface area (Å²) in [4.78, 5) is 11.1. The lowest BCUT2D eigenvalue weighted by Crippen LogP contribution is -2.45. The van der Waals surface area contributed by atoms with Crippen molar-refractivity contribution in [2.24, 2.45) is 5.92 Å². The van der Waals surface area contributed by atoms with Crippen molar-refractivity contribution in [3.63, 3.8) is 0 Å².